The molecule has 22 heavy (non-hydrogen) atoms. The van der Waals surface area contributed by atoms with Gasteiger partial charge in [0.1, 0.15) is 18.5 Å². The summed E-state index contributed by atoms with van der Waals surface area (Å²) in [5, 5.41) is 13.4. The van der Waals surface area contributed by atoms with Crippen molar-refractivity contribution in [2.75, 3.05) is 13.2 Å². The molecule has 0 aliphatic carbocycles. The molecule has 0 amide bonds. The third kappa shape index (κ3) is 5.17. The fourth-order valence-corrected chi connectivity index (χ4v) is 2.44. The summed E-state index contributed by atoms with van der Waals surface area (Å²) in [6, 6.07) is 16.5. The lowest BCUT2D eigenvalue weighted by atomic mass is 10.1. The topological polar surface area (TPSA) is 41.5 Å². The van der Waals surface area contributed by atoms with E-state index in [9.17, 15) is 5.11 Å². The highest BCUT2D eigenvalue weighted by Crippen LogP contribution is 2.16. The molecule has 0 aromatic heterocycles. The van der Waals surface area contributed by atoms with Gasteiger partial charge in [-0.25, -0.2) is 0 Å². The Morgan fingerprint density at radius 3 is 2.32 bits per heavy atom. The van der Waals surface area contributed by atoms with Gasteiger partial charge in [-0.3, -0.25) is 0 Å². The highest BCUT2D eigenvalue weighted by Gasteiger charge is 2.09. The second-order valence-corrected chi connectivity index (χ2v) is 5.83. The molecule has 118 valence electrons. The van der Waals surface area contributed by atoms with Gasteiger partial charge in [-0.1, -0.05) is 36.4 Å². The van der Waals surface area contributed by atoms with Crippen molar-refractivity contribution in [3.8, 4) is 5.75 Å². The van der Waals surface area contributed by atoms with Crippen LogP contribution in [0.5, 0.6) is 5.75 Å². The number of hydrogen-bond acceptors (Lipinski definition) is 3. The summed E-state index contributed by atoms with van der Waals surface area (Å²) in [7, 11) is 0. The van der Waals surface area contributed by atoms with Gasteiger partial charge in [0, 0.05) is 12.6 Å². The molecule has 0 fully saturated rings. The van der Waals surface area contributed by atoms with E-state index in [-0.39, 0.29) is 12.6 Å². The first-order valence-electron chi connectivity index (χ1n) is 7.72. The normalized spacial score (nSPS) is 13.6. The number of nitrogens with one attached hydrogen (secondary N) is 1. The van der Waals surface area contributed by atoms with E-state index in [1.165, 1.54) is 16.7 Å². The fourth-order valence-electron chi connectivity index (χ4n) is 2.44. The first-order chi connectivity index (χ1) is 10.5. The molecule has 0 aliphatic rings. The van der Waals surface area contributed by atoms with Crippen molar-refractivity contribution in [2.24, 2.45) is 0 Å². The first-order valence-corrected chi connectivity index (χ1v) is 7.72. The molecule has 0 saturated heterocycles. The standard InChI is InChI=1S/C19H25NO2/c1-14-9-15(2)11-19(10-14)22-13-18(21)12-20-16(3)17-7-5-4-6-8-17/h4-11,16,18,20-21H,12-13H2,1-3H3/t16-,18-/m0/s1. The monoisotopic (exact) mass is 299 g/mol. The zero-order valence-electron chi connectivity index (χ0n) is 13.5. The van der Waals surface area contributed by atoms with Crippen molar-refractivity contribution in [1.29, 1.82) is 0 Å². The third-order valence-corrected chi connectivity index (χ3v) is 3.60. The summed E-state index contributed by atoms with van der Waals surface area (Å²) in [4.78, 5) is 0. The van der Waals surface area contributed by atoms with Crippen LogP contribution in [0.2, 0.25) is 0 Å². The zero-order chi connectivity index (χ0) is 15.9. The number of rotatable bonds is 7. The smallest absolute Gasteiger partial charge is 0.119 e. The molecule has 0 spiro atoms. The maximum Gasteiger partial charge on any atom is 0.119 e. The van der Waals surface area contributed by atoms with Crippen LogP contribution in [-0.2, 0) is 0 Å². The molecular formula is C19H25NO2. The highest BCUT2D eigenvalue weighted by atomic mass is 16.5. The molecule has 2 aromatic carbocycles. The lowest BCUT2D eigenvalue weighted by Crippen LogP contribution is -2.33. The Balaban J connectivity index is 1.77. The minimum absolute atomic E-state index is 0.206. The SMILES string of the molecule is Cc1cc(C)cc(OC[C@@H](O)CN[C@@H](C)c2ccccc2)c1. The van der Waals surface area contributed by atoms with Crippen molar-refractivity contribution in [1.82, 2.24) is 5.32 Å². The zero-order valence-corrected chi connectivity index (χ0v) is 13.5. The quantitative estimate of drug-likeness (QED) is 0.823. The average molecular weight is 299 g/mol. The van der Waals surface area contributed by atoms with Gasteiger partial charge in [-0.15, -0.1) is 0 Å². The number of aryl methyl sites for hydroxylation is 2. The van der Waals surface area contributed by atoms with Crippen molar-refractivity contribution < 1.29 is 9.84 Å². The molecule has 2 aromatic rings. The number of hydrogen-bond donors (Lipinski definition) is 2. The van der Waals surface area contributed by atoms with E-state index >= 15 is 0 Å². The van der Waals surface area contributed by atoms with Gasteiger partial charge in [0.2, 0.25) is 0 Å². The largest absolute Gasteiger partial charge is 0.491 e. The van der Waals surface area contributed by atoms with Gasteiger partial charge in [0.25, 0.3) is 0 Å². The van der Waals surface area contributed by atoms with Crippen LogP contribution in [0.3, 0.4) is 0 Å². The van der Waals surface area contributed by atoms with Crippen LogP contribution in [-0.4, -0.2) is 24.4 Å². The second-order valence-electron chi connectivity index (χ2n) is 5.83. The summed E-state index contributed by atoms with van der Waals surface area (Å²) in [6.45, 7) is 6.96. The van der Waals surface area contributed by atoms with Crippen molar-refractivity contribution >= 4 is 0 Å². The lowest BCUT2D eigenvalue weighted by Gasteiger charge is -2.18. The van der Waals surface area contributed by atoms with Crippen LogP contribution >= 0.6 is 0 Å². The van der Waals surface area contributed by atoms with Crippen LogP contribution in [0.25, 0.3) is 0 Å². The van der Waals surface area contributed by atoms with Crippen molar-refractivity contribution in [3.63, 3.8) is 0 Å². The lowest BCUT2D eigenvalue weighted by molar-refractivity contribution is 0.104. The Labute approximate surface area is 133 Å². The number of aliphatic hydroxyl groups is 1. The minimum Gasteiger partial charge on any atom is -0.491 e. The summed E-state index contributed by atoms with van der Waals surface area (Å²) < 4.78 is 5.68. The summed E-state index contributed by atoms with van der Waals surface area (Å²) >= 11 is 0. The van der Waals surface area contributed by atoms with E-state index in [0.717, 1.165) is 5.75 Å². The Morgan fingerprint density at radius 2 is 1.68 bits per heavy atom. The maximum atomic E-state index is 10.1. The molecule has 2 atom stereocenters. The highest BCUT2D eigenvalue weighted by molar-refractivity contribution is 5.33. The van der Waals surface area contributed by atoms with Crippen LogP contribution < -0.4 is 10.1 Å². The molecule has 0 saturated carbocycles. The molecule has 2 rings (SSSR count). The summed E-state index contributed by atoms with van der Waals surface area (Å²) in [5.41, 5.74) is 3.55. The molecule has 2 N–H and O–H groups in total. The fraction of sp³-hybridized carbons (Fsp3) is 0.368. The summed E-state index contributed by atoms with van der Waals surface area (Å²) in [6.07, 6.45) is -0.535. The summed E-state index contributed by atoms with van der Waals surface area (Å²) in [5.74, 6) is 0.813. The second kappa shape index (κ2) is 7.97. The van der Waals surface area contributed by atoms with Gasteiger partial charge in [0.15, 0.2) is 0 Å². The van der Waals surface area contributed by atoms with Crippen LogP contribution in [0.15, 0.2) is 48.5 Å². The van der Waals surface area contributed by atoms with Gasteiger partial charge in [-0.05, 0) is 49.6 Å². The van der Waals surface area contributed by atoms with E-state index in [1.807, 2.05) is 44.2 Å². The van der Waals surface area contributed by atoms with E-state index < -0.39 is 6.10 Å². The minimum atomic E-state index is -0.535. The third-order valence-electron chi connectivity index (χ3n) is 3.60. The molecular weight excluding hydrogens is 274 g/mol. The average Bonchev–Trinajstić information content (AvgIpc) is 2.50. The molecule has 0 unspecified atom stereocenters. The number of ether oxygens (including phenoxy) is 1. The predicted molar refractivity (Wildman–Crippen MR) is 90.3 cm³/mol. The van der Waals surface area contributed by atoms with E-state index in [2.05, 4.69) is 30.4 Å². The van der Waals surface area contributed by atoms with Gasteiger partial charge in [-0.2, -0.15) is 0 Å². The van der Waals surface area contributed by atoms with E-state index in [0.29, 0.717) is 6.54 Å². The van der Waals surface area contributed by atoms with E-state index in [4.69, 9.17) is 4.74 Å². The Morgan fingerprint density at radius 1 is 1.05 bits per heavy atom. The molecule has 3 nitrogen and oxygen atoms in total. The molecule has 3 heteroatoms. The van der Waals surface area contributed by atoms with Crippen LogP contribution in [0.4, 0.5) is 0 Å². The molecule has 0 aliphatic heterocycles. The van der Waals surface area contributed by atoms with Crippen LogP contribution in [0.1, 0.15) is 29.7 Å². The van der Waals surface area contributed by atoms with Gasteiger partial charge >= 0.3 is 0 Å². The maximum absolute atomic E-state index is 10.1. The van der Waals surface area contributed by atoms with E-state index in [1.54, 1.807) is 0 Å². The number of aliphatic hydroxyl groups excluding tert-OH is 1. The molecule has 0 bridgehead atoms. The Bertz CT molecular complexity index is 563. The predicted octanol–water partition coefficient (Wildman–Crippen LogP) is 3.39. The first kappa shape index (κ1) is 16.5. The van der Waals surface area contributed by atoms with Gasteiger partial charge < -0.3 is 15.2 Å². The number of benzene rings is 2. The molecule has 0 radical (unpaired) electrons. The van der Waals surface area contributed by atoms with Crippen LogP contribution in [0, 0.1) is 13.8 Å². The van der Waals surface area contributed by atoms with Gasteiger partial charge in [0.05, 0.1) is 0 Å². The Kier molecular flexibility index (Phi) is 5.99. The van der Waals surface area contributed by atoms with Crippen molar-refractivity contribution in [3.05, 3.63) is 65.2 Å². The Hall–Kier alpha value is -1.84. The molecule has 0 heterocycles. The van der Waals surface area contributed by atoms with Crippen molar-refractivity contribution in [2.45, 2.75) is 32.9 Å².